The number of nitrogens with one attached hydrogen (secondary N) is 1. The summed E-state index contributed by atoms with van der Waals surface area (Å²) in [5.74, 6) is 0.492. The van der Waals surface area contributed by atoms with Gasteiger partial charge >= 0.3 is 5.97 Å². The van der Waals surface area contributed by atoms with Crippen molar-refractivity contribution in [1.82, 2.24) is 5.32 Å². The van der Waals surface area contributed by atoms with Crippen molar-refractivity contribution in [3.8, 4) is 28.4 Å². The van der Waals surface area contributed by atoms with E-state index in [0.717, 1.165) is 15.6 Å². The van der Waals surface area contributed by atoms with Gasteiger partial charge in [0.05, 0.1) is 37.8 Å². The van der Waals surface area contributed by atoms with Gasteiger partial charge in [0.2, 0.25) is 11.7 Å². The van der Waals surface area contributed by atoms with Crippen LogP contribution in [0.25, 0.3) is 11.1 Å². The highest BCUT2D eigenvalue weighted by Gasteiger charge is 2.33. The first kappa shape index (κ1) is 30.7. The zero-order valence-electron chi connectivity index (χ0n) is 23.6. The third-order valence-corrected chi connectivity index (χ3v) is 8.71. The van der Waals surface area contributed by atoms with Crippen LogP contribution in [0.3, 0.4) is 0 Å². The smallest absolute Gasteiger partial charge is 0.338 e. The van der Waals surface area contributed by atoms with Crippen LogP contribution in [0.15, 0.2) is 52.2 Å². The Morgan fingerprint density at radius 3 is 2.27 bits per heavy atom. The van der Waals surface area contributed by atoms with Gasteiger partial charge in [-0.2, -0.15) is 0 Å². The van der Waals surface area contributed by atoms with E-state index < -0.39 is 12.0 Å². The van der Waals surface area contributed by atoms with Gasteiger partial charge in [-0.15, -0.1) is 11.8 Å². The molecule has 0 aliphatic heterocycles. The summed E-state index contributed by atoms with van der Waals surface area (Å²) in [6.45, 7) is 1.37. The minimum absolute atomic E-state index is 0.0826. The van der Waals surface area contributed by atoms with Gasteiger partial charge in [-0.3, -0.25) is 9.59 Å². The summed E-state index contributed by atoms with van der Waals surface area (Å²) in [6.07, 6.45) is 2.82. The van der Waals surface area contributed by atoms with Crippen LogP contribution in [0, 0.1) is 0 Å². The topological polar surface area (TPSA) is 100 Å². The average molecular weight is 690 g/mol. The second-order valence-electron chi connectivity index (χ2n) is 9.41. The molecule has 0 radical (unpaired) electrons. The van der Waals surface area contributed by atoms with Gasteiger partial charge in [-0.1, -0.05) is 40.8 Å². The van der Waals surface area contributed by atoms with E-state index in [2.05, 4.69) is 27.9 Å². The summed E-state index contributed by atoms with van der Waals surface area (Å²) >= 11 is 3.62. The Bertz CT molecular complexity index is 1520. The van der Waals surface area contributed by atoms with Crippen molar-refractivity contribution < 1.29 is 28.5 Å². The largest absolute Gasteiger partial charge is 0.492 e. The second kappa shape index (κ2) is 13.6. The van der Waals surface area contributed by atoms with Gasteiger partial charge in [0.15, 0.2) is 16.9 Å². The summed E-state index contributed by atoms with van der Waals surface area (Å²) in [6, 6.07) is 12.1. The fourth-order valence-electron chi connectivity index (χ4n) is 5.19. The van der Waals surface area contributed by atoms with Crippen molar-refractivity contribution in [3.05, 3.63) is 80.5 Å². The fraction of sp³-hybridized carbons (Fsp3) is 0.323. The van der Waals surface area contributed by atoms with E-state index >= 15 is 0 Å². The Hall–Kier alpha value is -3.25. The molecule has 10 heteroatoms. The molecule has 0 fully saturated rings. The van der Waals surface area contributed by atoms with E-state index in [-0.39, 0.29) is 17.9 Å². The first-order valence-electron chi connectivity index (χ1n) is 12.9. The summed E-state index contributed by atoms with van der Waals surface area (Å²) in [5, 5.41) is 3.01. The van der Waals surface area contributed by atoms with Gasteiger partial charge in [-0.05, 0) is 65.6 Å². The van der Waals surface area contributed by atoms with Crippen LogP contribution < -0.4 is 25.0 Å². The molecule has 1 atom stereocenters. The van der Waals surface area contributed by atoms with E-state index in [9.17, 15) is 14.4 Å². The molecule has 0 saturated carbocycles. The predicted molar refractivity (Wildman–Crippen MR) is 168 cm³/mol. The lowest BCUT2D eigenvalue weighted by molar-refractivity contribution is -0.119. The summed E-state index contributed by atoms with van der Waals surface area (Å²) in [4.78, 5) is 38.9. The van der Waals surface area contributed by atoms with E-state index in [0.29, 0.717) is 62.8 Å². The molecule has 0 bridgehead atoms. The Morgan fingerprint density at radius 2 is 1.68 bits per heavy atom. The molecule has 1 unspecified atom stereocenters. The number of hydrogen-bond donors (Lipinski definition) is 1. The van der Waals surface area contributed by atoms with Gasteiger partial charge in [0.1, 0.15) is 6.61 Å². The SMILES string of the molecule is COc1c(COC(=O)c2ccc(CI)cc2)c2c(c(OC)c1OC)-c1ccc(SC)c(=O)cc1C(NC(C)=O)CC2. The monoisotopic (exact) mass is 689 g/mol. The molecule has 1 aliphatic carbocycles. The van der Waals surface area contributed by atoms with Gasteiger partial charge in [0, 0.05) is 22.5 Å². The van der Waals surface area contributed by atoms with E-state index in [4.69, 9.17) is 18.9 Å². The summed E-state index contributed by atoms with van der Waals surface area (Å²) in [5.41, 5.74) is 4.96. The lowest BCUT2D eigenvalue weighted by Crippen LogP contribution is -2.26. The maximum atomic E-state index is 13.1. The minimum atomic E-state index is -0.465. The van der Waals surface area contributed by atoms with E-state index in [1.807, 2.05) is 24.5 Å². The zero-order chi connectivity index (χ0) is 29.7. The maximum absolute atomic E-state index is 13.1. The van der Waals surface area contributed by atoms with Crippen LogP contribution in [0.5, 0.6) is 17.2 Å². The Kier molecular flexibility index (Phi) is 10.2. The first-order chi connectivity index (χ1) is 19.8. The van der Waals surface area contributed by atoms with Crippen molar-refractivity contribution in [2.45, 2.75) is 41.7 Å². The van der Waals surface area contributed by atoms with Crippen LogP contribution in [0.2, 0.25) is 0 Å². The molecule has 41 heavy (non-hydrogen) atoms. The first-order valence-corrected chi connectivity index (χ1v) is 15.7. The molecule has 3 aromatic rings. The highest BCUT2D eigenvalue weighted by atomic mass is 127. The van der Waals surface area contributed by atoms with Crippen molar-refractivity contribution in [2.75, 3.05) is 27.6 Å². The molecule has 4 rings (SSSR count). The number of rotatable bonds is 9. The molecule has 0 aromatic heterocycles. The van der Waals surface area contributed by atoms with E-state index in [1.54, 1.807) is 31.4 Å². The number of fused-ring (bicyclic) bond motifs is 3. The van der Waals surface area contributed by atoms with Gasteiger partial charge in [0.25, 0.3) is 0 Å². The number of methoxy groups -OCH3 is 3. The number of carbonyl (C=O) groups is 2. The molecule has 1 N–H and O–H groups in total. The maximum Gasteiger partial charge on any atom is 0.338 e. The third kappa shape index (κ3) is 6.33. The zero-order valence-corrected chi connectivity index (χ0v) is 26.6. The van der Waals surface area contributed by atoms with Gasteiger partial charge < -0.3 is 24.3 Å². The average Bonchev–Trinajstić information content (AvgIpc) is 3.23. The number of carbonyl (C=O) groups excluding carboxylic acids is 2. The molecule has 0 heterocycles. The highest BCUT2D eigenvalue weighted by molar-refractivity contribution is 14.1. The number of alkyl halides is 1. The number of benzene rings is 2. The minimum Gasteiger partial charge on any atom is -0.492 e. The van der Waals surface area contributed by atoms with Crippen LogP contribution in [-0.4, -0.2) is 39.5 Å². The molecule has 0 saturated heterocycles. The number of hydrogen-bond acceptors (Lipinski definition) is 8. The number of halogens is 1. The number of thioether (sulfide) groups is 1. The van der Waals surface area contributed by atoms with Gasteiger partial charge in [-0.25, -0.2) is 4.79 Å². The predicted octanol–water partition coefficient (Wildman–Crippen LogP) is 5.88. The molecule has 8 nitrogen and oxygen atoms in total. The molecular weight excluding hydrogens is 657 g/mol. The normalized spacial score (nSPS) is 13.8. The Morgan fingerprint density at radius 1 is 1.00 bits per heavy atom. The summed E-state index contributed by atoms with van der Waals surface area (Å²) < 4.78 is 24.2. The molecule has 216 valence electrons. The number of ether oxygens (including phenoxy) is 4. The Labute approximate surface area is 257 Å². The molecule has 0 spiro atoms. The van der Waals surface area contributed by atoms with E-state index in [1.165, 1.54) is 32.9 Å². The fourth-order valence-corrected chi connectivity index (χ4v) is 6.16. The molecule has 1 amide bonds. The Balaban J connectivity index is 1.94. The van der Waals surface area contributed by atoms with Crippen molar-refractivity contribution in [3.63, 3.8) is 0 Å². The third-order valence-electron chi connectivity index (χ3n) is 7.05. The quantitative estimate of drug-likeness (QED) is 0.129. The van der Waals surface area contributed by atoms with Crippen molar-refractivity contribution in [1.29, 1.82) is 0 Å². The number of esters is 1. The van der Waals surface area contributed by atoms with Crippen LogP contribution in [-0.2, 0) is 27.0 Å². The lowest BCUT2D eigenvalue weighted by atomic mass is 9.91. The molecule has 1 aliphatic rings. The summed E-state index contributed by atoms with van der Waals surface area (Å²) in [7, 11) is 4.58. The molecule has 3 aromatic carbocycles. The number of amides is 1. The second-order valence-corrected chi connectivity index (χ2v) is 11.0. The lowest BCUT2D eigenvalue weighted by Gasteiger charge is -2.23. The highest BCUT2D eigenvalue weighted by Crippen LogP contribution is 2.52. The van der Waals surface area contributed by atoms with Crippen LogP contribution >= 0.6 is 34.4 Å². The molecular formula is C31H32INO7S. The van der Waals surface area contributed by atoms with Crippen molar-refractivity contribution in [2.24, 2.45) is 0 Å². The standard InChI is InChI=1S/C31H32INO7S/c1-17(34)33-24-12-10-21-23(16-40-31(36)19-8-6-18(15-32)7-9-19)28(37-2)30(39-4)29(38-3)27(21)20-11-13-26(41-5)25(35)14-22(20)24/h6-9,11,13-14,24H,10,12,15-16H2,1-5H3,(H,33,34). The van der Waals surface area contributed by atoms with Crippen LogP contribution in [0.4, 0.5) is 0 Å². The van der Waals surface area contributed by atoms with Crippen LogP contribution in [0.1, 0.15) is 52.0 Å². The van der Waals surface area contributed by atoms with Crippen molar-refractivity contribution >= 4 is 46.2 Å².